The second kappa shape index (κ2) is 9.80. The molecule has 0 unspecified atom stereocenters. The van der Waals surface area contributed by atoms with Gasteiger partial charge in [0.1, 0.15) is 12.4 Å². The summed E-state index contributed by atoms with van der Waals surface area (Å²) in [5.74, 6) is 1.09. The van der Waals surface area contributed by atoms with Crippen molar-refractivity contribution in [3.63, 3.8) is 0 Å². The van der Waals surface area contributed by atoms with Crippen molar-refractivity contribution >= 4 is 16.6 Å². The monoisotopic (exact) mass is 414 g/mol. The second-order valence-corrected chi connectivity index (χ2v) is 6.40. The van der Waals surface area contributed by atoms with E-state index in [-0.39, 0.29) is 36.7 Å². The number of nitrogen functional groups attached to an aromatic ring is 1. The van der Waals surface area contributed by atoms with Gasteiger partial charge in [0.15, 0.2) is 23.1 Å². The average Bonchev–Trinajstić information content (AvgIpc) is 2.74. The van der Waals surface area contributed by atoms with E-state index < -0.39 is 5.82 Å². The number of methoxy groups -OCH3 is 1. The number of hydrogen-bond acceptors (Lipinski definition) is 5. The van der Waals surface area contributed by atoms with Gasteiger partial charge in [-0.05, 0) is 29.8 Å². The van der Waals surface area contributed by atoms with Crippen LogP contribution < -0.4 is 49.5 Å². The van der Waals surface area contributed by atoms with Crippen molar-refractivity contribution in [3.8, 4) is 23.0 Å². The number of hydrogen-bond donors (Lipinski definition) is 1. The Balaban J connectivity index is 0.00000171. The summed E-state index contributed by atoms with van der Waals surface area (Å²) in [4.78, 5) is 4.38. The molecule has 0 aliphatic rings. The summed E-state index contributed by atoms with van der Waals surface area (Å²) >= 11 is 0. The van der Waals surface area contributed by atoms with Gasteiger partial charge < -0.3 is 21.4 Å². The molecular weight excluding hydrogens is 394 g/mol. The molecule has 5 nitrogen and oxygen atoms in total. The summed E-state index contributed by atoms with van der Waals surface area (Å²) in [5.41, 5.74) is 7.61. The van der Waals surface area contributed by atoms with Crippen LogP contribution in [0.15, 0.2) is 72.9 Å². The van der Waals surface area contributed by atoms with Crippen LogP contribution in [-0.4, -0.2) is 12.1 Å². The maximum absolute atomic E-state index is 14.1. The van der Waals surface area contributed by atoms with Crippen molar-refractivity contribution in [2.24, 2.45) is 0 Å². The Kier molecular flexibility index (Phi) is 7.15. The van der Waals surface area contributed by atoms with Gasteiger partial charge in [0.25, 0.3) is 0 Å². The zero-order valence-corrected chi connectivity index (χ0v) is 18.8. The van der Waals surface area contributed by atoms with Crippen molar-refractivity contribution in [1.82, 2.24) is 4.98 Å². The molecule has 0 aliphatic carbocycles. The molecular formula is C23H20FN2NaO3. The van der Waals surface area contributed by atoms with E-state index in [1.54, 1.807) is 37.6 Å². The van der Waals surface area contributed by atoms with Gasteiger partial charge in [-0.2, -0.15) is 0 Å². The van der Waals surface area contributed by atoms with E-state index in [2.05, 4.69) is 4.98 Å². The van der Waals surface area contributed by atoms with Crippen LogP contribution in [0.3, 0.4) is 0 Å². The molecule has 2 N–H and O–H groups in total. The molecule has 0 atom stereocenters. The molecule has 0 radical (unpaired) electrons. The summed E-state index contributed by atoms with van der Waals surface area (Å²) in [7, 11) is 1.56. The number of fused-ring (bicyclic) bond motifs is 1. The van der Waals surface area contributed by atoms with Crippen LogP contribution >= 0.6 is 0 Å². The third-order valence-corrected chi connectivity index (χ3v) is 4.40. The minimum atomic E-state index is -0.537. The summed E-state index contributed by atoms with van der Waals surface area (Å²) in [6.07, 6.45) is 1.60. The van der Waals surface area contributed by atoms with Crippen LogP contribution in [0.5, 0.6) is 23.0 Å². The molecule has 0 fully saturated rings. The number of aromatic nitrogens is 1. The van der Waals surface area contributed by atoms with Crippen molar-refractivity contribution in [2.45, 2.75) is 6.61 Å². The molecule has 148 valence electrons. The summed E-state index contributed by atoms with van der Waals surface area (Å²) in [6, 6.07) is 19.3. The van der Waals surface area contributed by atoms with Crippen LogP contribution in [0.1, 0.15) is 6.99 Å². The van der Waals surface area contributed by atoms with Gasteiger partial charge in [-0.1, -0.05) is 30.3 Å². The second-order valence-electron chi connectivity index (χ2n) is 6.40. The Morgan fingerprint density at radius 2 is 1.73 bits per heavy atom. The van der Waals surface area contributed by atoms with Crippen molar-refractivity contribution in [3.05, 3.63) is 84.3 Å². The molecule has 7 heteroatoms. The molecule has 4 aromatic rings. The molecule has 1 aromatic heterocycles. The molecule has 0 saturated carbocycles. The fourth-order valence-corrected chi connectivity index (χ4v) is 2.94. The fourth-order valence-electron chi connectivity index (χ4n) is 2.94. The fraction of sp³-hybridized carbons (Fsp3) is 0.0870. The smallest absolute Gasteiger partial charge is 1.00 e. The molecule has 0 amide bonds. The SMILES string of the molecule is COc1cc2c(Oc3ccc(N)cc3F)ccnc2cc1OCc1ccccc1.[H-].[Na+]. The zero-order chi connectivity index (χ0) is 20.2. The van der Waals surface area contributed by atoms with Gasteiger partial charge in [0, 0.05) is 29.4 Å². The van der Waals surface area contributed by atoms with Crippen molar-refractivity contribution < 1.29 is 49.6 Å². The van der Waals surface area contributed by atoms with E-state index in [0.29, 0.717) is 40.4 Å². The molecule has 0 spiro atoms. The number of anilines is 1. The van der Waals surface area contributed by atoms with E-state index in [0.717, 1.165) is 5.56 Å². The van der Waals surface area contributed by atoms with E-state index in [9.17, 15) is 4.39 Å². The predicted molar refractivity (Wildman–Crippen MR) is 111 cm³/mol. The van der Waals surface area contributed by atoms with Crippen LogP contribution in [0.25, 0.3) is 10.9 Å². The zero-order valence-electron chi connectivity index (χ0n) is 17.8. The molecule has 0 saturated heterocycles. The van der Waals surface area contributed by atoms with Gasteiger partial charge in [-0.25, -0.2) is 4.39 Å². The molecule has 3 aromatic carbocycles. The number of benzene rings is 3. The number of halogens is 1. The Labute approximate surface area is 197 Å². The van der Waals surface area contributed by atoms with Gasteiger partial charge in [0.05, 0.1) is 12.6 Å². The van der Waals surface area contributed by atoms with Gasteiger partial charge >= 0.3 is 29.6 Å². The van der Waals surface area contributed by atoms with Gasteiger partial charge in [0.2, 0.25) is 0 Å². The Morgan fingerprint density at radius 3 is 2.47 bits per heavy atom. The number of nitrogens with two attached hydrogens (primary N) is 1. The summed E-state index contributed by atoms with van der Waals surface area (Å²) in [5, 5.41) is 0.674. The number of pyridine rings is 1. The Morgan fingerprint density at radius 1 is 0.933 bits per heavy atom. The van der Waals surface area contributed by atoms with Crippen molar-refractivity contribution in [1.29, 1.82) is 0 Å². The Bertz CT molecular complexity index is 1160. The number of rotatable bonds is 6. The average molecular weight is 414 g/mol. The third-order valence-electron chi connectivity index (χ3n) is 4.40. The third kappa shape index (κ3) is 4.84. The van der Waals surface area contributed by atoms with Crippen LogP contribution in [-0.2, 0) is 6.61 Å². The topological polar surface area (TPSA) is 66.6 Å². The molecule has 30 heavy (non-hydrogen) atoms. The van der Waals surface area contributed by atoms with Gasteiger partial charge in [-0.15, -0.1) is 0 Å². The summed E-state index contributed by atoms with van der Waals surface area (Å²) < 4.78 is 31.3. The minimum absolute atomic E-state index is 0. The molecule has 1 heterocycles. The molecule has 0 bridgehead atoms. The predicted octanol–water partition coefficient (Wildman–Crippen LogP) is 2.45. The maximum atomic E-state index is 14.1. The van der Waals surface area contributed by atoms with Gasteiger partial charge in [-0.3, -0.25) is 4.98 Å². The van der Waals surface area contributed by atoms with Crippen LogP contribution in [0.4, 0.5) is 10.1 Å². The first kappa shape index (κ1) is 21.9. The first-order valence-electron chi connectivity index (χ1n) is 9.00. The summed E-state index contributed by atoms with van der Waals surface area (Å²) in [6.45, 7) is 0.398. The molecule has 0 aliphatic heterocycles. The van der Waals surface area contributed by atoms with E-state index in [1.165, 1.54) is 12.1 Å². The standard InChI is InChI=1S/C23H19FN2O3.Na.H/c1-27-22-12-17-19(13-23(22)28-14-15-5-3-2-4-6-15)26-10-9-20(17)29-21-8-7-16(25)11-18(21)24;;/h2-13H,14,25H2,1H3;;/q;+1;-1. The quantitative estimate of drug-likeness (QED) is 0.388. The van der Waals surface area contributed by atoms with E-state index >= 15 is 0 Å². The first-order chi connectivity index (χ1) is 14.1. The Hall–Kier alpha value is -2.80. The van der Waals surface area contributed by atoms with E-state index in [1.807, 2.05) is 30.3 Å². The van der Waals surface area contributed by atoms with Crippen LogP contribution in [0.2, 0.25) is 0 Å². The number of nitrogens with zero attached hydrogens (tertiary/aromatic N) is 1. The van der Waals surface area contributed by atoms with Crippen LogP contribution in [0, 0.1) is 5.82 Å². The minimum Gasteiger partial charge on any atom is -1.00 e. The normalized spacial score (nSPS) is 10.3. The van der Waals surface area contributed by atoms with Crippen molar-refractivity contribution in [2.75, 3.05) is 12.8 Å². The number of ether oxygens (including phenoxy) is 3. The maximum Gasteiger partial charge on any atom is 1.00 e. The first-order valence-corrected chi connectivity index (χ1v) is 9.00. The van der Waals surface area contributed by atoms with E-state index in [4.69, 9.17) is 19.9 Å². The largest absolute Gasteiger partial charge is 1.00 e. The molecule has 4 rings (SSSR count).